The molecule has 11 heteroatoms. The molecular weight excluding hydrogens is 339 g/mol. The van der Waals surface area contributed by atoms with Gasteiger partial charge in [-0.2, -0.15) is 0 Å². The summed E-state index contributed by atoms with van der Waals surface area (Å²) in [5.41, 5.74) is 5.19. The molecule has 0 heterocycles. The molecule has 0 aliphatic carbocycles. The van der Waals surface area contributed by atoms with Gasteiger partial charge in [-0.1, -0.05) is 0 Å². The second kappa shape index (κ2) is 8.13. The van der Waals surface area contributed by atoms with Gasteiger partial charge in [0, 0.05) is 26.1 Å². The number of ether oxygens (including phenoxy) is 1. The number of rotatable bonds is 8. The first-order valence-electron chi connectivity index (χ1n) is 6.46. The van der Waals surface area contributed by atoms with Crippen molar-refractivity contribution in [3.63, 3.8) is 0 Å². The lowest BCUT2D eigenvalue weighted by Gasteiger charge is -2.10. The molecule has 0 saturated carbocycles. The van der Waals surface area contributed by atoms with Gasteiger partial charge in [0.15, 0.2) is 0 Å². The number of hydrogen-bond acceptors (Lipinski definition) is 5. The van der Waals surface area contributed by atoms with E-state index in [0.29, 0.717) is 0 Å². The predicted octanol–water partition coefficient (Wildman–Crippen LogP) is 0.328. The van der Waals surface area contributed by atoms with Gasteiger partial charge in [-0.3, -0.25) is 4.79 Å². The van der Waals surface area contributed by atoms with Crippen LogP contribution in [0.25, 0.3) is 0 Å². The summed E-state index contributed by atoms with van der Waals surface area (Å²) in [5, 5.41) is 2.47. The molecule has 0 aliphatic rings. The number of nitrogens with one attached hydrogen (secondary N) is 2. The van der Waals surface area contributed by atoms with Crippen molar-refractivity contribution < 1.29 is 31.1 Å². The number of alkyl halides is 3. The first kappa shape index (κ1) is 19.2. The molecule has 1 amide bonds. The normalized spacial score (nSPS) is 12.0. The van der Waals surface area contributed by atoms with Crippen LogP contribution in [-0.2, 0) is 14.8 Å². The lowest BCUT2D eigenvalue weighted by molar-refractivity contribution is -0.274. The average molecular weight is 355 g/mol. The van der Waals surface area contributed by atoms with Crippen LogP contribution in [0.4, 0.5) is 13.2 Å². The van der Waals surface area contributed by atoms with Gasteiger partial charge >= 0.3 is 6.36 Å². The molecule has 1 aromatic carbocycles. The summed E-state index contributed by atoms with van der Waals surface area (Å²) >= 11 is 0. The Labute approximate surface area is 131 Å². The van der Waals surface area contributed by atoms with E-state index in [9.17, 15) is 26.4 Å². The van der Waals surface area contributed by atoms with Crippen molar-refractivity contribution in [2.75, 3.05) is 19.6 Å². The zero-order chi connectivity index (χ0) is 17.5. The maximum absolute atomic E-state index is 12.0. The van der Waals surface area contributed by atoms with Crippen molar-refractivity contribution in [1.29, 1.82) is 0 Å². The van der Waals surface area contributed by atoms with Gasteiger partial charge in [-0.25, -0.2) is 13.1 Å². The topological polar surface area (TPSA) is 111 Å². The fraction of sp³-hybridized carbons (Fsp3) is 0.417. The van der Waals surface area contributed by atoms with E-state index in [1.54, 1.807) is 0 Å². The molecule has 4 N–H and O–H groups in total. The molecule has 1 aromatic rings. The third kappa shape index (κ3) is 7.30. The predicted molar refractivity (Wildman–Crippen MR) is 75.0 cm³/mol. The number of nitrogens with two attached hydrogens (primary N) is 1. The van der Waals surface area contributed by atoms with Crippen molar-refractivity contribution in [2.45, 2.75) is 17.7 Å². The van der Waals surface area contributed by atoms with Crippen LogP contribution in [-0.4, -0.2) is 40.3 Å². The van der Waals surface area contributed by atoms with E-state index in [2.05, 4.69) is 14.8 Å². The molecule has 130 valence electrons. The van der Waals surface area contributed by atoms with Gasteiger partial charge in [0.25, 0.3) is 0 Å². The Kier molecular flexibility index (Phi) is 6.79. The molecular formula is C12H16F3N3O4S. The summed E-state index contributed by atoms with van der Waals surface area (Å²) in [6.45, 7) is 0.398. The lowest BCUT2D eigenvalue weighted by Crippen LogP contribution is -2.33. The highest BCUT2D eigenvalue weighted by molar-refractivity contribution is 7.89. The quantitative estimate of drug-likeness (QED) is 0.622. The molecule has 0 fully saturated rings. The van der Waals surface area contributed by atoms with Crippen molar-refractivity contribution >= 4 is 15.9 Å². The Morgan fingerprint density at radius 1 is 1.17 bits per heavy atom. The number of sulfonamides is 1. The number of carbonyl (C=O) groups excluding carboxylic acids is 1. The highest BCUT2D eigenvalue weighted by Crippen LogP contribution is 2.23. The van der Waals surface area contributed by atoms with Crippen LogP contribution < -0.4 is 20.5 Å². The molecule has 7 nitrogen and oxygen atoms in total. The van der Waals surface area contributed by atoms with Crippen LogP contribution in [0.2, 0.25) is 0 Å². The van der Waals surface area contributed by atoms with Crippen LogP contribution in [0.3, 0.4) is 0 Å². The molecule has 23 heavy (non-hydrogen) atoms. The zero-order valence-electron chi connectivity index (χ0n) is 11.9. The van der Waals surface area contributed by atoms with E-state index in [4.69, 9.17) is 5.73 Å². The summed E-state index contributed by atoms with van der Waals surface area (Å²) in [4.78, 5) is 11.0. The summed E-state index contributed by atoms with van der Waals surface area (Å²) in [6.07, 6.45) is -4.94. The van der Waals surface area contributed by atoms with Gasteiger partial charge < -0.3 is 15.8 Å². The van der Waals surface area contributed by atoms with Crippen molar-refractivity contribution in [3.05, 3.63) is 24.3 Å². The van der Waals surface area contributed by atoms with E-state index in [1.807, 2.05) is 0 Å². The van der Waals surface area contributed by atoms with E-state index in [1.165, 1.54) is 0 Å². The monoisotopic (exact) mass is 355 g/mol. The molecule has 0 spiro atoms. The minimum absolute atomic E-state index is 0.0888. The smallest absolute Gasteiger partial charge is 0.406 e. The zero-order valence-corrected chi connectivity index (χ0v) is 12.7. The summed E-state index contributed by atoms with van der Waals surface area (Å²) in [6, 6.07) is 3.71. The molecule has 0 unspecified atom stereocenters. The Hall–Kier alpha value is -1.85. The van der Waals surface area contributed by atoms with Gasteiger partial charge in [-0.05, 0) is 24.3 Å². The molecule has 0 bridgehead atoms. The second-order valence-corrected chi connectivity index (χ2v) is 6.07. The maximum Gasteiger partial charge on any atom is 0.573 e. The SMILES string of the molecule is NCCNC(=O)CCNS(=O)(=O)c1ccc(OC(F)(F)F)cc1. The Balaban J connectivity index is 2.58. The van der Waals surface area contributed by atoms with Gasteiger partial charge in [0.1, 0.15) is 5.75 Å². The van der Waals surface area contributed by atoms with Gasteiger partial charge in [0.2, 0.25) is 15.9 Å². The highest BCUT2D eigenvalue weighted by atomic mass is 32.2. The number of hydrogen-bond donors (Lipinski definition) is 3. The van der Waals surface area contributed by atoms with Crippen LogP contribution in [0.15, 0.2) is 29.2 Å². The first-order valence-corrected chi connectivity index (χ1v) is 7.94. The third-order valence-corrected chi connectivity index (χ3v) is 3.96. The van der Waals surface area contributed by atoms with E-state index >= 15 is 0 Å². The van der Waals surface area contributed by atoms with Crippen LogP contribution in [0.5, 0.6) is 5.75 Å². The second-order valence-electron chi connectivity index (χ2n) is 4.31. The minimum atomic E-state index is -4.85. The fourth-order valence-corrected chi connectivity index (χ4v) is 2.53. The largest absolute Gasteiger partial charge is 0.573 e. The molecule has 0 atom stereocenters. The van der Waals surface area contributed by atoms with Crippen LogP contribution >= 0.6 is 0 Å². The van der Waals surface area contributed by atoms with E-state index in [-0.39, 0.29) is 36.9 Å². The standard InChI is InChI=1S/C12H16F3N3O4S/c13-12(14,15)22-9-1-3-10(4-2-9)23(20,21)18-7-5-11(19)17-8-6-16/h1-4,18H,5-8,16H2,(H,17,19). The van der Waals surface area contributed by atoms with E-state index < -0.39 is 22.1 Å². The minimum Gasteiger partial charge on any atom is -0.406 e. The van der Waals surface area contributed by atoms with Crippen molar-refractivity contribution in [2.24, 2.45) is 5.73 Å². The highest BCUT2D eigenvalue weighted by Gasteiger charge is 2.31. The molecule has 0 radical (unpaired) electrons. The number of carbonyl (C=O) groups is 1. The van der Waals surface area contributed by atoms with Crippen LogP contribution in [0, 0.1) is 0 Å². The number of amides is 1. The Morgan fingerprint density at radius 2 is 1.78 bits per heavy atom. The molecule has 0 aliphatic heterocycles. The van der Waals surface area contributed by atoms with Gasteiger partial charge in [0.05, 0.1) is 4.90 Å². The summed E-state index contributed by atoms with van der Waals surface area (Å²) < 4.78 is 65.6. The van der Waals surface area contributed by atoms with E-state index in [0.717, 1.165) is 24.3 Å². The molecule has 0 aromatic heterocycles. The average Bonchev–Trinajstić information content (AvgIpc) is 2.43. The molecule has 0 saturated heterocycles. The Bertz CT molecular complexity index is 617. The van der Waals surface area contributed by atoms with Crippen molar-refractivity contribution in [1.82, 2.24) is 10.0 Å². The summed E-state index contributed by atoms with van der Waals surface area (Å²) in [7, 11) is -3.93. The first-order chi connectivity index (χ1) is 10.6. The van der Waals surface area contributed by atoms with Crippen LogP contribution in [0.1, 0.15) is 6.42 Å². The fourth-order valence-electron chi connectivity index (χ4n) is 1.50. The van der Waals surface area contributed by atoms with Crippen molar-refractivity contribution in [3.8, 4) is 5.75 Å². The van der Waals surface area contributed by atoms with Gasteiger partial charge in [-0.15, -0.1) is 13.2 Å². The maximum atomic E-state index is 12.0. The number of benzene rings is 1. The number of halogens is 3. The summed E-state index contributed by atoms with van der Waals surface area (Å²) in [5.74, 6) is -0.898. The molecule has 1 rings (SSSR count). The lowest BCUT2D eigenvalue weighted by atomic mass is 10.3. The third-order valence-electron chi connectivity index (χ3n) is 2.48. The Morgan fingerprint density at radius 3 is 2.30 bits per heavy atom.